The van der Waals surface area contributed by atoms with Gasteiger partial charge in [-0.15, -0.1) is 0 Å². The van der Waals surface area contributed by atoms with Crippen molar-refractivity contribution in [1.82, 2.24) is 0 Å². The van der Waals surface area contributed by atoms with Crippen LogP contribution in [0.3, 0.4) is 0 Å². The summed E-state index contributed by atoms with van der Waals surface area (Å²) in [6, 6.07) is 13.7. The van der Waals surface area contributed by atoms with E-state index >= 15 is 0 Å². The van der Waals surface area contributed by atoms with Gasteiger partial charge in [-0.1, -0.05) is 19.1 Å². The number of imide groups is 1. The van der Waals surface area contributed by atoms with Crippen molar-refractivity contribution >= 4 is 29.1 Å². The van der Waals surface area contributed by atoms with Gasteiger partial charge >= 0.3 is 0 Å². The van der Waals surface area contributed by atoms with Gasteiger partial charge in [0, 0.05) is 17.3 Å². The summed E-state index contributed by atoms with van der Waals surface area (Å²) < 4.78 is 5.17. The minimum atomic E-state index is -0.315. The summed E-state index contributed by atoms with van der Waals surface area (Å²) in [5, 5.41) is 2.82. The molecule has 1 aliphatic heterocycles. The maximum atomic E-state index is 12.9. The molecule has 1 saturated carbocycles. The van der Waals surface area contributed by atoms with Crippen molar-refractivity contribution < 1.29 is 19.1 Å². The van der Waals surface area contributed by atoms with Crippen molar-refractivity contribution in [3.05, 3.63) is 54.1 Å². The third-order valence-corrected chi connectivity index (χ3v) is 5.88. The van der Waals surface area contributed by atoms with Crippen LogP contribution in [-0.4, -0.2) is 24.8 Å². The first-order chi connectivity index (χ1) is 14.0. The van der Waals surface area contributed by atoms with E-state index in [0.29, 0.717) is 28.6 Å². The Hall–Kier alpha value is -3.15. The molecular formula is C23H24N2O4. The lowest BCUT2D eigenvalue weighted by molar-refractivity contribution is -0.122. The molecule has 1 saturated heterocycles. The van der Waals surface area contributed by atoms with Crippen LogP contribution < -0.4 is 15.0 Å². The van der Waals surface area contributed by atoms with Crippen LogP contribution in [0.2, 0.25) is 0 Å². The zero-order valence-corrected chi connectivity index (χ0v) is 16.6. The molecular weight excluding hydrogens is 368 g/mol. The summed E-state index contributed by atoms with van der Waals surface area (Å²) in [6.45, 7) is 2.13. The van der Waals surface area contributed by atoms with E-state index in [1.807, 2.05) is 0 Å². The van der Waals surface area contributed by atoms with Crippen LogP contribution in [0.25, 0.3) is 0 Å². The molecule has 29 heavy (non-hydrogen) atoms. The van der Waals surface area contributed by atoms with Gasteiger partial charge in [0.05, 0.1) is 24.6 Å². The predicted octanol–water partition coefficient (Wildman–Crippen LogP) is 3.87. The summed E-state index contributed by atoms with van der Waals surface area (Å²) in [5.41, 5.74) is 1.45. The average Bonchev–Trinajstić information content (AvgIpc) is 2.98. The summed E-state index contributed by atoms with van der Waals surface area (Å²) in [7, 11) is 1.56. The predicted molar refractivity (Wildman–Crippen MR) is 110 cm³/mol. The number of nitrogens with one attached hydrogen (secondary N) is 1. The Kier molecular flexibility index (Phi) is 5.09. The quantitative estimate of drug-likeness (QED) is 0.802. The lowest BCUT2D eigenvalue weighted by Crippen LogP contribution is -2.31. The molecule has 150 valence electrons. The first-order valence-corrected chi connectivity index (χ1v) is 9.91. The van der Waals surface area contributed by atoms with Crippen molar-refractivity contribution in [3.63, 3.8) is 0 Å². The Morgan fingerprint density at radius 3 is 2.59 bits per heavy atom. The molecule has 1 N–H and O–H groups in total. The maximum Gasteiger partial charge on any atom is 0.255 e. The Balaban J connectivity index is 1.56. The van der Waals surface area contributed by atoms with Gasteiger partial charge in [0.1, 0.15) is 5.75 Å². The highest BCUT2D eigenvalue weighted by atomic mass is 16.5. The molecule has 2 aromatic carbocycles. The first kappa shape index (κ1) is 19.2. The standard InChI is InChI=1S/C23H24N2O4/c1-14-9-10-19-20(11-14)23(28)25(22(19)27)17-7-3-5-15(12-17)21(26)24-16-6-4-8-18(13-16)29-2/h3-8,12-14,19-20H,9-11H2,1-2H3,(H,24,26)/t14-,19-,20-/m1/s1. The van der Waals surface area contributed by atoms with E-state index in [9.17, 15) is 14.4 Å². The fourth-order valence-corrected chi connectivity index (χ4v) is 4.33. The second kappa shape index (κ2) is 7.70. The molecule has 0 aromatic heterocycles. The lowest BCUT2D eigenvalue weighted by Gasteiger charge is -2.25. The molecule has 0 bridgehead atoms. The largest absolute Gasteiger partial charge is 0.497 e. The number of methoxy groups -OCH3 is 1. The minimum Gasteiger partial charge on any atom is -0.497 e. The van der Waals surface area contributed by atoms with Crippen LogP contribution in [0.5, 0.6) is 5.75 Å². The Morgan fingerprint density at radius 1 is 1.03 bits per heavy atom. The lowest BCUT2D eigenvalue weighted by atomic mass is 9.76. The fourth-order valence-electron chi connectivity index (χ4n) is 4.33. The molecule has 6 heteroatoms. The minimum absolute atomic E-state index is 0.141. The highest BCUT2D eigenvalue weighted by Crippen LogP contribution is 2.42. The number of carbonyl (C=O) groups excluding carboxylic acids is 3. The van der Waals surface area contributed by atoms with Crippen molar-refractivity contribution in [1.29, 1.82) is 0 Å². The molecule has 2 aromatic rings. The van der Waals surface area contributed by atoms with E-state index in [0.717, 1.165) is 19.3 Å². The second-order valence-electron chi connectivity index (χ2n) is 7.88. The van der Waals surface area contributed by atoms with Crippen molar-refractivity contribution in [3.8, 4) is 5.75 Å². The normalized spacial score (nSPS) is 23.7. The fraction of sp³-hybridized carbons (Fsp3) is 0.348. The SMILES string of the molecule is COc1cccc(NC(=O)c2cccc(N3C(=O)[C@@H]4CC[C@@H](C)C[C@H]4C3=O)c2)c1. The summed E-state index contributed by atoms with van der Waals surface area (Å²) in [5.74, 6) is 0.0300. The summed E-state index contributed by atoms with van der Waals surface area (Å²) in [6.07, 6.45) is 2.47. The third-order valence-electron chi connectivity index (χ3n) is 5.88. The van der Waals surface area contributed by atoms with Gasteiger partial charge in [-0.25, -0.2) is 0 Å². The first-order valence-electron chi connectivity index (χ1n) is 9.91. The van der Waals surface area contributed by atoms with Crippen LogP contribution in [0.4, 0.5) is 11.4 Å². The van der Waals surface area contributed by atoms with Gasteiger partial charge in [0.15, 0.2) is 0 Å². The number of anilines is 2. The number of nitrogens with zero attached hydrogens (tertiary/aromatic N) is 1. The van der Waals surface area contributed by atoms with Gasteiger partial charge in [-0.05, 0) is 55.5 Å². The Labute approximate surface area is 169 Å². The Morgan fingerprint density at radius 2 is 1.79 bits per heavy atom. The summed E-state index contributed by atoms with van der Waals surface area (Å²) in [4.78, 5) is 39.8. The van der Waals surface area contributed by atoms with E-state index in [1.165, 1.54) is 4.90 Å². The Bertz CT molecular complexity index is 971. The number of benzene rings is 2. The van der Waals surface area contributed by atoms with Gasteiger partial charge in [-0.3, -0.25) is 19.3 Å². The third kappa shape index (κ3) is 3.62. The van der Waals surface area contributed by atoms with Gasteiger partial charge in [0.2, 0.25) is 11.8 Å². The molecule has 1 aliphatic carbocycles. The van der Waals surface area contributed by atoms with E-state index in [4.69, 9.17) is 4.74 Å². The van der Waals surface area contributed by atoms with Crippen LogP contribution in [-0.2, 0) is 9.59 Å². The highest BCUT2D eigenvalue weighted by molar-refractivity contribution is 6.22. The van der Waals surface area contributed by atoms with Crippen molar-refractivity contribution in [2.24, 2.45) is 17.8 Å². The smallest absolute Gasteiger partial charge is 0.255 e. The zero-order valence-electron chi connectivity index (χ0n) is 16.6. The van der Waals surface area contributed by atoms with Gasteiger partial charge in [0.25, 0.3) is 5.91 Å². The summed E-state index contributed by atoms with van der Waals surface area (Å²) >= 11 is 0. The average molecular weight is 392 g/mol. The van der Waals surface area contributed by atoms with Crippen LogP contribution in [0.15, 0.2) is 48.5 Å². The van der Waals surface area contributed by atoms with E-state index in [-0.39, 0.29) is 29.6 Å². The number of amides is 3. The van der Waals surface area contributed by atoms with E-state index in [1.54, 1.807) is 55.6 Å². The molecule has 2 aliphatic rings. The maximum absolute atomic E-state index is 12.9. The van der Waals surface area contributed by atoms with E-state index < -0.39 is 0 Å². The van der Waals surface area contributed by atoms with Crippen LogP contribution >= 0.6 is 0 Å². The van der Waals surface area contributed by atoms with Crippen molar-refractivity contribution in [2.75, 3.05) is 17.3 Å². The second-order valence-corrected chi connectivity index (χ2v) is 7.88. The number of hydrogen-bond acceptors (Lipinski definition) is 4. The highest BCUT2D eigenvalue weighted by Gasteiger charge is 2.50. The zero-order chi connectivity index (χ0) is 20.5. The molecule has 4 rings (SSSR count). The molecule has 0 spiro atoms. The molecule has 1 heterocycles. The van der Waals surface area contributed by atoms with Crippen LogP contribution in [0, 0.1) is 17.8 Å². The molecule has 2 fully saturated rings. The molecule has 3 atom stereocenters. The van der Waals surface area contributed by atoms with Crippen LogP contribution in [0.1, 0.15) is 36.5 Å². The number of ether oxygens (including phenoxy) is 1. The number of hydrogen-bond donors (Lipinski definition) is 1. The number of carbonyl (C=O) groups is 3. The molecule has 0 unspecified atom stereocenters. The number of fused-ring (bicyclic) bond motifs is 1. The van der Waals surface area contributed by atoms with Gasteiger partial charge in [-0.2, -0.15) is 0 Å². The molecule has 3 amide bonds. The molecule has 6 nitrogen and oxygen atoms in total. The van der Waals surface area contributed by atoms with Gasteiger partial charge < -0.3 is 10.1 Å². The molecule has 0 radical (unpaired) electrons. The van der Waals surface area contributed by atoms with E-state index in [2.05, 4.69) is 12.2 Å². The monoisotopic (exact) mass is 392 g/mol. The number of rotatable bonds is 4. The van der Waals surface area contributed by atoms with Crippen molar-refractivity contribution in [2.45, 2.75) is 26.2 Å². The topological polar surface area (TPSA) is 75.7 Å².